The summed E-state index contributed by atoms with van der Waals surface area (Å²) in [6.07, 6.45) is 5.39. The molecule has 0 saturated carbocycles. The first-order valence-corrected chi connectivity index (χ1v) is 7.23. The fraction of sp³-hybridized carbons (Fsp3) is 0.714. The Kier molecular flexibility index (Phi) is 4.58. The number of hydrazine groups is 1. The molecule has 5 heteroatoms. The lowest BCUT2D eigenvalue weighted by Gasteiger charge is -2.34. The molecule has 19 heavy (non-hydrogen) atoms. The van der Waals surface area contributed by atoms with Crippen molar-refractivity contribution in [3.8, 4) is 0 Å². The van der Waals surface area contributed by atoms with E-state index < -0.39 is 0 Å². The predicted octanol–water partition coefficient (Wildman–Crippen LogP) is 2.51. The van der Waals surface area contributed by atoms with Crippen molar-refractivity contribution < 1.29 is 0 Å². The van der Waals surface area contributed by atoms with Gasteiger partial charge < -0.3 is 10.3 Å². The van der Waals surface area contributed by atoms with Crippen molar-refractivity contribution >= 4 is 11.6 Å². The van der Waals surface area contributed by atoms with Crippen LogP contribution >= 0.6 is 0 Å². The molecule has 1 saturated heterocycles. The third-order valence-electron chi connectivity index (χ3n) is 4.07. The average molecular weight is 263 g/mol. The Bertz CT molecular complexity index is 410. The highest BCUT2D eigenvalue weighted by atomic mass is 15.3. The van der Waals surface area contributed by atoms with Gasteiger partial charge in [-0.1, -0.05) is 27.2 Å². The van der Waals surface area contributed by atoms with Crippen molar-refractivity contribution in [3.63, 3.8) is 0 Å². The SMILES string of the molecule is CCC1CCN(c2ncnc(NN)c2C(C)C)CC1. The first-order chi connectivity index (χ1) is 9.17. The maximum Gasteiger partial charge on any atom is 0.148 e. The third-order valence-corrected chi connectivity index (χ3v) is 4.07. The maximum atomic E-state index is 5.57. The van der Waals surface area contributed by atoms with Crippen LogP contribution in [0.15, 0.2) is 6.33 Å². The second-order valence-corrected chi connectivity index (χ2v) is 5.60. The summed E-state index contributed by atoms with van der Waals surface area (Å²) in [5.74, 6) is 8.59. The highest BCUT2D eigenvalue weighted by Gasteiger charge is 2.23. The fourth-order valence-corrected chi connectivity index (χ4v) is 2.84. The smallest absolute Gasteiger partial charge is 0.148 e. The minimum absolute atomic E-state index is 0.353. The summed E-state index contributed by atoms with van der Waals surface area (Å²) >= 11 is 0. The van der Waals surface area contributed by atoms with Crippen LogP contribution in [-0.4, -0.2) is 23.1 Å². The van der Waals surface area contributed by atoms with E-state index in [4.69, 9.17) is 5.84 Å². The Labute approximate surface area is 115 Å². The van der Waals surface area contributed by atoms with Crippen molar-refractivity contribution in [3.05, 3.63) is 11.9 Å². The summed E-state index contributed by atoms with van der Waals surface area (Å²) in [6, 6.07) is 0. The zero-order chi connectivity index (χ0) is 13.8. The second kappa shape index (κ2) is 6.19. The number of hydrogen-bond donors (Lipinski definition) is 2. The van der Waals surface area contributed by atoms with Gasteiger partial charge in [-0.25, -0.2) is 15.8 Å². The Morgan fingerprint density at radius 3 is 2.58 bits per heavy atom. The lowest BCUT2D eigenvalue weighted by Crippen LogP contribution is -2.35. The molecule has 1 aliphatic rings. The third kappa shape index (κ3) is 2.97. The zero-order valence-corrected chi connectivity index (χ0v) is 12.2. The molecule has 2 heterocycles. The fourth-order valence-electron chi connectivity index (χ4n) is 2.84. The van der Waals surface area contributed by atoms with E-state index >= 15 is 0 Å². The van der Waals surface area contributed by atoms with Crippen LogP contribution in [0.2, 0.25) is 0 Å². The number of hydrogen-bond acceptors (Lipinski definition) is 5. The topological polar surface area (TPSA) is 67.1 Å². The Hall–Kier alpha value is -1.36. The summed E-state index contributed by atoms with van der Waals surface area (Å²) in [7, 11) is 0. The van der Waals surface area contributed by atoms with Crippen LogP contribution in [0.3, 0.4) is 0 Å². The minimum Gasteiger partial charge on any atom is -0.356 e. The van der Waals surface area contributed by atoms with Gasteiger partial charge in [-0.2, -0.15) is 0 Å². The van der Waals surface area contributed by atoms with Gasteiger partial charge in [0.25, 0.3) is 0 Å². The number of nitrogens with one attached hydrogen (secondary N) is 1. The molecule has 0 unspecified atom stereocenters. The quantitative estimate of drug-likeness (QED) is 0.645. The van der Waals surface area contributed by atoms with E-state index in [2.05, 4.69) is 41.1 Å². The van der Waals surface area contributed by atoms with Gasteiger partial charge in [0.1, 0.15) is 18.0 Å². The normalized spacial score (nSPS) is 17.0. The molecule has 0 aliphatic carbocycles. The van der Waals surface area contributed by atoms with Gasteiger partial charge >= 0.3 is 0 Å². The highest BCUT2D eigenvalue weighted by Crippen LogP contribution is 2.32. The highest BCUT2D eigenvalue weighted by molar-refractivity contribution is 5.60. The van der Waals surface area contributed by atoms with Crippen molar-refractivity contribution in [2.75, 3.05) is 23.4 Å². The van der Waals surface area contributed by atoms with Gasteiger partial charge in [0.2, 0.25) is 0 Å². The maximum absolute atomic E-state index is 5.57. The van der Waals surface area contributed by atoms with Crippen molar-refractivity contribution in [1.82, 2.24) is 9.97 Å². The lowest BCUT2D eigenvalue weighted by molar-refractivity contribution is 0.393. The molecule has 0 aromatic carbocycles. The van der Waals surface area contributed by atoms with Gasteiger partial charge in [-0.05, 0) is 24.7 Å². The van der Waals surface area contributed by atoms with Crippen LogP contribution in [0.4, 0.5) is 11.6 Å². The predicted molar refractivity (Wildman–Crippen MR) is 79.2 cm³/mol. The molecule has 106 valence electrons. The molecule has 1 aromatic rings. The molecule has 0 radical (unpaired) electrons. The first kappa shape index (κ1) is 14.1. The van der Waals surface area contributed by atoms with Crippen LogP contribution in [0.5, 0.6) is 0 Å². The summed E-state index contributed by atoms with van der Waals surface area (Å²) in [5.41, 5.74) is 3.82. The largest absolute Gasteiger partial charge is 0.356 e. The second-order valence-electron chi connectivity index (χ2n) is 5.60. The summed E-state index contributed by atoms with van der Waals surface area (Å²) in [4.78, 5) is 11.1. The molecule has 3 N–H and O–H groups in total. The van der Waals surface area contributed by atoms with Crippen LogP contribution in [0.25, 0.3) is 0 Å². The average Bonchev–Trinajstić information content (AvgIpc) is 2.46. The lowest BCUT2D eigenvalue weighted by atomic mass is 9.93. The van der Waals surface area contributed by atoms with E-state index in [0.29, 0.717) is 5.92 Å². The molecule has 2 rings (SSSR count). The summed E-state index contributed by atoms with van der Waals surface area (Å²) < 4.78 is 0. The number of piperidine rings is 1. The van der Waals surface area contributed by atoms with Crippen molar-refractivity contribution in [2.45, 2.75) is 46.0 Å². The minimum atomic E-state index is 0.353. The summed E-state index contributed by atoms with van der Waals surface area (Å²) in [6.45, 7) is 8.75. The number of anilines is 2. The van der Waals surface area contributed by atoms with Gasteiger partial charge in [-0.3, -0.25) is 0 Å². The molecular weight excluding hydrogens is 238 g/mol. The molecule has 5 nitrogen and oxygen atoms in total. The number of nitrogens with two attached hydrogens (primary N) is 1. The van der Waals surface area contributed by atoms with E-state index in [0.717, 1.165) is 36.2 Å². The molecule has 1 aliphatic heterocycles. The van der Waals surface area contributed by atoms with Crippen molar-refractivity contribution in [2.24, 2.45) is 11.8 Å². The van der Waals surface area contributed by atoms with Crippen LogP contribution < -0.4 is 16.2 Å². The van der Waals surface area contributed by atoms with Gasteiger partial charge in [0, 0.05) is 18.7 Å². The number of aromatic nitrogens is 2. The first-order valence-electron chi connectivity index (χ1n) is 7.23. The van der Waals surface area contributed by atoms with Crippen molar-refractivity contribution in [1.29, 1.82) is 0 Å². The van der Waals surface area contributed by atoms with E-state index in [1.54, 1.807) is 6.33 Å². The summed E-state index contributed by atoms with van der Waals surface area (Å²) in [5, 5.41) is 0. The Balaban J connectivity index is 2.25. The van der Waals surface area contributed by atoms with Gasteiger partial charge in [0.05, 0.1) is 0 Å². The Morgan fingerprint density at radius 1 is 1.37 bits per heavy atom. The standard InChI is InChI=1S/C14H25N5/c1-4-11-5-7-19(8-6-11)14-12(10(2)3)13(18-15)16-9-17-14/h9-11H,4-8,15H2,1-3H3,(H,16,17,18). The van der Waals surface area contributed by atoms with Crippen LogP contribution in [-0.2, 0) is 0 Å². The molecule has 1 fully saturated rings. The van der Waals surface area contributed by atoms with Gasteiger partial charge in [0.15, 0.2) is 0 Å². The number of nitrogens with zero attached hydrogens (tertiary/aromatic N) is 3. The number of nitrogen functional groups attached to an aromatic ring is 1. The molecule has 0 atom stereocenters. The molecule has 0 amide bonds. The Morgan fingerprint density at radius 2 is 2.05 bits per heavy atom. The molecule has 0 spiro atoms. The van der Waals surface area contributed by atoms with Gasteiger partial charge in [-0.15, -0.1) is 0 Å². The van der Waals surface area contributed by atoms with E-state index in [9.17, 15) is 0 Å². The van der Waals surface area contributed by atoms with Crippen LogP contribution in [0, 0.1) is 5.92 Å². The van der Waals surface area contributed by atoms with E-state index in [1.165, 1.54) is 19.3 Å². The van der Waals surface area contributed by atoms with Crippen LogP contribution in [0.1, 0.15) is 51.5 Å². The number of rotatable bonds is 4. The molecule has 0 bridgehead atoms. The molecular formula is C14H25N5. The monoisotopic (exact) mass is 263 g/mol. The molecule has 1 aromatic heterocycles. The van der Waals surface area contributed by atoms with E-state index in [-0.39, 0.29) is 0 Å². The zero-order valence-electron chi connectivity index (χ0n) is 12.2. The van der Waals surface area contributed by atoms with E-state index in [1.807, 2.05) is 0 Å².